The molecular weight excluding hydrogens is 242 g/mol. The third-order valence-corrected chi connectivity index (χ3v) is 3.74. The SMILES string of the molecule is CCC(CC)CN(CC)Cc1cc(C(=O)O)oc1C. The van der Waals surface area contributed by atoms with E-state index in [1.54, 1.807) is 6.07 Å². The first kappa shape index (κ1) is 15.8. The highest BCUT2D eigenvalue weighted by molar-refractivity contribution is 5.84. The van der Waals surface area contributed by atoms with Crippen LogP contribution in [-0.4, -0.2) is 29.1 Å². The summed E-state index contributed by atoms with van der Waals surface area (Å²) < 4.78 is 5.25. The van der Waals surface area contributed by atoms with E-state index in [0.717, 1.165) is 25.2 Å². The number of furan rings is 1. The molecule has 1 aromatic heterocycles. The molecule has 0 spiro atoms. The average molecular weight is 267 g/mol. The van der Waals surface area contributed by atoms with Gasteiger partial charge in [0.05, 0.1) is 0 Å². The molecule has 0 aromatic carbocycles. The molecule has 1 rings (SSSR count). The molecule has 0 aliphatic carbocycles. The van der Waals surface area contributed by atoms with E-state index in [1.807, 2.05) is 6.92 Å². The van der Waals surface area contributed by atoms with Gasteiger partial charge in [-0.05, 0) is 25.5 Å². The molecule has 0 radical (unpaired) electrons. The number of nitrogens with zero attached hydrogens (tertiary/aromatic N) is 1. The summed E-state index contributed by atoms with van der Waals surface area (Å²) in [6.07, 6.45) is 2.36. The zero-order valence-electron chi connectivity index (χ0n) is 12.4. The Kier molecular flexibility index (Phi) is 6.09. The van der Waals surface area contributed by atoms with Gasteiger partial charge in [-0.1, -0.05) is 33.6 Å². The maximum Gasteiger partial charge on any atom is 0.371 e. The van der Waals surface area contributed by atoms with Crippen molar-refractivity contribution in [3.63, 3.8) is 0 Å². The smallest absolute Gasteiger partial charge is 0.371 e. The lowest BCUT2D eigenvalue weighted by molar-refractivity contribution is 0.0661. The highest BCUT2D eigenvalue weighted by Gasteiger charge is 2.16. The molecule has 4 nitrogen and oxygen atoms in total. The second-order valence-corrected chi connectivity index (χ2v) is 5.01. The van der Waals surface area contributed by atoms with Gasteiger partial charge < -0.3 is 9.52 Å². The van der Waals surface area contributed by atoms with E-state index in [1.165, 1.54) is 12.8 Å². The fraction of sp³-hybridized carbons (Fsp3) is 0.667. The highest BCUT2D eigenvalue weighted by Crippen LogP contribution is 2.18. The van der Waals surface area contributed by atoms with Crippen molar-refractivity contribution >= 4 is 5.97 Å². The number of aryl methyl sites for hydroxylation is 1. The van der Waals surface area contributed by atoms with Crippen LogP contribution in [0, 0.1) is 12.8 Å². The molecule has 0 unspecified atom stereocenters. The number of hydrogen-bond acceptors (Lipinski definition) is 3. The standard InChI is InChI=1S/C15H25NO3/c1-5-12(6-2)9-16(7-3)10-13-8-14(15(17)18)19-11(13)4/h8,12H,5-7,9-10H2,1-4H3,(H,17,18). The van der Waals surface area contributed by atoms with Crippen molar-refractivity contribution in [2.45, 2.75) is 47.1 Å². The minimum atomic E-state index is -1.00. The van der Waals surface area contributed by atoms with E-state index in [9.17, 15) is 4.79 Å². The van der Waals surface area contributed by atoms with E-state index in [-0.39, 0.29) is 5.76 Å². The molecule has 1 heterocycles. The van der Waals surface area contributed by atoms with E-state index in [2.05, 4.69) is 25.7 Å². The lowest BCUT2D eigenvalue weighted by Gasteiger charge is -2.24. The highest BCUT2D eigenvalue weighted by atomic mass is 16.4. The van der Waals surface area contributed by atoms with Gasteiger partial charge >= 0.3 is 5.97 Å². The molecule has 0 amide bonds. The van der Waals surface area contributed by atoms with E-state index in [0.29, 0.717) is 11.7 Å². The maximum atomic E-state index is 10.9. The fourth-order valence-corrected chi connectivity index (χ4v) is 2.24. The number of rotatable bonds is 8. The largest absolute Gasteiger partial charge is 0.475 e. The third kappa shape index (κ3) is 4.39. The Hall–Kier alpha value is -1.29. The van der Waals surface area contributed by atoms with E-state index < -0.39 is 5.97 Å². The van der Waals surface area contributed by atoms with Crippen molar-refractivity contribution in [3.8, 4) is 0 Å². The molecule has 108 valence electrons. The second-order valence-electron chi connectivity index (χ2n) is 5.01. The van der Waals surface area contributed by atoms with Crippen LogP contribution in [0.2, 0.25) is 0 Å². The summed E-state index contributed by atoms with van der Waals surface area (Å²) >= 11 is 0. The molecule has 19 heavy (non-hydrogen) atoms. The molecule has 0 fully saturated rings. The minimum absolute atomic E-state index is 0.0334. The first-order valence-corrected chi connectivity index (χ1v) is 7.06. The Morgan fingerprint density at radius 2 is 2.00 bits per heavy atom. The summed E-state index contributed by atoms with van der Waals surface area (Å²) in [5, 5.41) is 8.93. The van der Waals surface area contributed by atoms with Crippen LogP contribution in [-0.2, 0) is 6.54 Å². The predicted octanol–water partition coefficient (Wildman–Crippen LogP) is 3.54. The lowest BCUT2D eigenvalue weighted by Crippen LogP contribution is -2.28. The third-order valence-electron chi connectivity index (χ3n) is 3.74. The van der Waals surface area contributed by atoms with Crippen molar-refractivity contribution in [2.24, 2.45) is 5.92 Å². The average Bonchev–Trinajstić information content (AvgIpc) is 2.76. The van der Waals surface area contributed by atoms with Crippen LogP contribution >= 0.6 is 0 Å². The van der Waals surface area contributed by atoms with Gasteiger partial charge in [-0.3, -0.25) is 4.90 Å². The maximum absolute atomic E-state index is 10.9. The van der Waals surface area contributed by atoms with Crippen molar-refractivity contribution in [2.75, 3.05) is 13.1 Å². The number of aromatic carboxylic acids is 1. The summed E-state index contributed by atoms with van der Waals surface area (Å²) in [5.41, 5.74) is 0.977. The first-order valence-electron chi connectivity index (χ1n) is 7.06. The van der Waals surface area contributed by atoms with Crippen LogP contribution in [0.25, 0.3) is 0 Å². The number of carbonyl (C=O) groups is 1. The van der Waals surface area contributed by atoms with Crippen LogP contribution in [0.15, 0.2) is 10.5 Å². The molecule has 4 heteroatoms. The summed E-state index contributed by atoms with van der Waals surface area (Å²) in [5.74, 6) is 0.440. The quantitative estimate of drug-likeness (QED) is 0.782. The fourth-order valence-electron chi connectivity index (χ4n) is 2.24. The van der Waals surface area contributed by atoms with Crippen molar-refractivity contribution in [1.82, 2.24) is 4.90 Å². The Bertz CT molecular complexity index is 408. The van der Waals surface area contributed by atoms with Gasteiger partial charge in [-0.25, -0.2) is 4.79 Å². The zero-order valence-corrected chi connectivity index (χ0v) is 12.4. The molecule has 0 bridgehead atoms. The Morgan fingerprint density at radius 3 is 2.42 bits per heavy atom. The first-order chi connectivity index (χ1) is 9.01. The predicted molar refractivity (Wildman–Crippen MR) is 75.4 cm³/mol. The normalized spacial score (nSPS) is 11.5. The van der Waals surface area contributed by atoms with Gasteiger partial charge in [0.2, 0.25) is 5.76 Å². The van der Waals surface area contributed by atoms with Gasteiger partial charge in [0.15, 0.2) is 0 Å². The van der Waals surface area contributed by atoms with Crippen LogP contribution in [0.5, 0.6) is 0 Å². The van der Waals surface area contributed by atoms with Gasteiger partial charge in [-0.2, -0.15) is 0 Å². The summed E-state index contributed by atoms with van der Waals surface area (Å²) in [6.45, 7) is 11.2. The van der Waals surface area contributed by atoms with E-state index in [4.69, 9.17) is 9.52 Å². The summed E-state index contributed by atoms with van der Waals surface area (Å²) in [7, 11) is 0. The molecule has 0 aliphatic rings. The summed E-state index contributed by atoms with van der Waals surface area (Å²) in [6, 6.07) is 1.65. The van der Waals surface area contributed by atoms with Crippen molar-refractivity contribution < 1.29 is 14.3 Å². The molecule has 0 saturated carbocycles. The van der Waals surface area contributed by atoms with Crippen molar-refractivity contribution in [3.05, 3.63) is 23.2 Å². The second kappa shape index (κ2) is 7.34. The Morgan fingerprint density at radius 1 is 1.37 bits per heavy atom. The monoisotopic (exact) mass is 267 g/mol. The van der Waals surface area contributed by atoms with Gasteiger partial charge in [-0.15, -0.1) is 0 Å². The van der Waals surface area contributed by atoms with Crippen LogP contribution in [0.3, 0.4) is 0 Å². The lowest BCUT2D eigenvalue weighted by atomic mass is 10.0. The molecular formula is C15H25NO3. The number of carboxylic acid groups (broad SMARTS) is 1. The molecule has 1 aromatic rings. The Balaban J connectivity index is 2.72. The zero-order chi connectivity index (χ0) is 14.4. The van der Waals surface area contributed by atoms with Crippen molar-refractivity contribution in [1.29, 1.82) is 0 Å². The van der Waals surface area contributed by atoms with E-state index >= 15 is 0 Å². The molecule has 0 aliphatic heterocycles. The van der Waals surface area contributed by atoms with Crippen LogP contribution in [0.4, 0.5) is 0 Å². The van der Waals surface area contributed by atoms with Crippen LogP contribution in [0.1, 0.15) is 55.5 Å². The number of hydrogen-bond donors (Lipinski definition) is 1. The van der Waals surface area contributed by atoms with Gasteiger partial charge in [0, 0.05) is 18.7 Å². The number of carboxylic acids is 1. The minimum Gasteiger partial charge on any atom is -0.475 e. The summed E-state index contributed by atoms with van der Waals surface area (Å²) in [4.78, 5) is 13.2. The molecule has 1 N–H and O–H groups in total. The Labute approximate surface area is 115 Å². The van der Waals surface area contributed by atoms with Crippen LogP contribution < -0.4 is 0 Å². The van der Waals surface area contributed by atoms with Gasteiger partial charge in [0.1, 0.15) is 5.76 Å². The molecule has 0 saturated heterocycles. The molecule has 0 atom stereocenters. The topological polar surface area (TPSA) is 53.7 Å². The van der Waals surface area contributed by atoms with Gasteiger partial charge in [0.25, 0.3) is 0 Å².